The number of aliphatic hydroxyl groups excluding tert-OH is 1. The predicted octanol–water partition coefficient (Wildman–Crippen LogP) is 6.73. The largest absolute Gasteiger partial charge is 0.515 e. The van der Waals surface area contributed by atoms with Crippen molar-refractivity contribution in [3.63, 3.8) is 0 Å². The Balaban J connectivity index is 1.54. The third-order valence-electron chi connectivity index (χ3n) is 9.58. The number of amides is 1. The maximum Gasteiger partial charge on any atom is 0.302 e. The summed E-state index contributed by atoms with van der Waals surface area (Å²) >= 11 is 0. The molecule has 1 saturated heterocycles. The summed E-state index contributed by atoms with van der Waals surface area (Å²) in [6, 6.07) is 0. The Morgan fingerprint density at radius 1 is 0.978 bits per heavy atom. The molecule has 5 heterocycles. The Labute approximate surface area is 272 Å². The van der Waals surface area contributed by atoms with Gasteiger partial charge >= 0.3 is 5.97 Å². The molecule has 1 amide bonds. The molecule has 9 heteroatoms. The number of nitrogens with zero attached hydrogens (tertiary/aromatic N) is 4. The van der Waals surface area contributed by atoms with Gasteiger partial charge in [-0.2, -0.15) is 0 Å². The predicted molar refractivity (Wildman–Crippen MR) is 183 cm³/mol. The van der Waals surface area contributed by atoms with Crippen molar-refractivity contribution in [3.05, 3.63) is 92.5 Å². The van der Waals surface area contributed by atoms with E-state index in [2.05, 4.69) is 58.2 Å². The van der Waals surface area contributed by atoms with Gasteiger partial charge in [-0.1, -0.05) is 13.8 Å². The number of hydrogen-bond acceptors (Lipinski definition) is 8. The summed E-state index contributed by atoms with van der Waals surface area (Å²) in [6.07, 6.45) is 11.8. The molecule has 2 N–H and O–H groups in total. The minimum absolute atomic E-state index is 0.0577. The molecule has 2 atom stereocenters. The van der Waals surface area contributed by atoms with Crippen molar-refractivity contribution in [2.45, 2.75) is 74.1 Å². The van der Waals surface area contributed by atoms with E-state index < -0.39 is 0 Å². The molecule has 0 unspecified atom stereocenters. The lowest BCUT2D eigenvalue weighted by Crippen LogP contribution is -2.29. The quantitative estimate of drug-likeness (QED) is 0.177. The van der Waals surface area contributed by atoms with E-state index in [-0.39, 0.29) is 23.7 Å². The van der Waals surface area contributed by atoms with Gasteiger partial charge in [-0.25, -0.2) is 15.0 Å². The van der Waals surface area contributed by atoms with Crippen LogP contribution in [0.15, 0.2) is 107 Å². The number of carbonyl (C=O) groups is 2. The molecule has 5 aliphatic rings. The average Bonchev–Trinajstić information content (AvgIpc) is 3.72. The lowest BCUT2D eigenvalue weighted by atomic mass is 9.86. The number of allylic oxidation sites excluding steroid dienone is 12. The van der Waals surface area contributed by atoms with Crippen LogP contribution in [-0.2, 0) is 14.3 Å². The molecule has 1 fully saturated rings. The van der Waals surface area contributed by atoms with Gasteiger partial charge in [0, 0.05) is 55.7 Å². The molecule has 8 bridgehead atoms. The van der Waals surface area contributed by atoms with Crippen LogP contribution in [0.2, 0.25) is 0 Å². The average molecular weight is 624 g/mol. The fraction of sp³-hybridized carbons (Fsp3) is 0.432. The number of rotatable bonds is 8. The molecule has 5 rings (SSSR count). The van der Waals surface area contributed by atoms with Crippen molar-refractivity contribution < 1.29 is 19.4 Å². The van der Waals surface area contributed by atoms with Gasteiger partial charge in [0.05, 0.1) is 47.1 Å². The van der Waals surface area contributed by atoms with E-state index in [1.54, 1.807) is 11.9 Å². The molecule has 0 aliphatic carbocycles. The van der Waals surface area contributed by atoms with Gasteiger partial charge in [0.15, 0.2) is 0 Å². The van der Waals surface area contributed by atoms with Crippen LogP contribution < -0.4 is 5.32 Å². The van der Waals surface area contributed by atoms with E-state index in [0.717, 1.165) is 74.9 Å². The van der Waals surface area contributed by atoms with Crippen LogP contribution in [0.5, 0.6) is 0 Å². The maximum atomic E-state index is 13.2. The van der Waals surface area contributed by atoms with E-state index in [1.165, 1.54) is 12.5 Å². The Kier molecular flexibility index (Phi) is 9.60. The van der Waals surface area contributed by atoms with Crippen molar-refractivity contribution in [1.29, 1.82) is 0 Å². The normalized spacial score (nSPS) is 23.1. The molecule has 242 valence electrons. The smallest absolute Gasteiger partial charge is 0.302 e. The van der Waals surface area contributed by atoms with Crippen LogP contribution in [-0.4, -0.2) is 59.2 Å². The van der Waals surface area contributed by atoms with Crippen LogP contribution in [0.4, 0.5) is 0 Å². The first-order chi connectivity index (χ1) is 21.9. The number of nitrogens with one attached hydrogen (secondary N) is 1. The number of esters is 1. The standard InChI is InChI=1S/C37H45N5O4/c1-9-26-21(3)32-18-35-28(19-43)23(5)31(40-35)17-33-22(4)27(11-12-36(45)42(8)13-10-14-46-25(7)44)37(41-33)24(6)30-15-20(2)29(38-30)16-34(26)39-32/h15-19,22,27,41,43H,9-14H2,1-8H3/t22-,27-/m0/s1. The summed E-state index contributed by atoms with van der Waals surface area (Å²) in [5.74, 6) is -0.110. The molecule has 9 nitrogen and oxygen atoms in total. The number of fused-ring (bicyclic) bond motifs is 5. The van der Waals surface area contributed by atoms with Gasteiger partial charge < -0.3 is 20.1 Å². The van der Waals surface area contributed by atoms with Gasteiger partial charge in [-0.05, 0) is 99.1 Å². The summed E-state index contributed by atoms with van der Waals surface area (Å²) in [5, 5.41) is 14.0. The van der Waals surface area contributed by atoms with E-state index >= 15 is 0 Å². The van der Waals surface area contributed by atoms with E-state index in [0.29, 0.717) is 43.7 Å². The van der Waals surface area contributed by atoms with Crippen molar-refractivity contribution in [3.8, 4) is 0 Å². The second kappa shape index (κ2) is 13.4. The van der Waals surface area contributed by atoms with Crippen molar-refractivity contribution >= 4 is 29.0 Å². The summed E-state index contributed by atoms with van der Waals surface area (Å²) in [6.45, 7) is 14.8. The number of carbonyl (C=O) groups excluding carboxylic acids is 2. The lowest BCUT2D eigenvalue weighted by molar-refractivity contribution is -0.141. The Morgan fingerprint density at radius 2 is 1.70 bits per heavy atom. The number of ether oxygens (including phenoxy) is 1. The third kappa shape index (κ3) is 6.41. The van der Waals surface area contributed by atoms with Gasteiger partial charge in [0.1, 0.15) is 0 Å². The summed E-state index contributed by atoms with van der Waals surface area (Å²) in [5.41, 5.74) is 13.0. The van der Waals surface area contributed by atoms with Gasteiger partial charge in [0.2, 0.25) is 5.91 Å². The zero-order valence-electron chi connectivity index (χ0n) is 28.2. The van der Waals surface area contributed by atoms with Crippen LogP contribution in [0.25, 0.3) is 0 Å². The minimum Gasteiger partial charge on any atom is -0.515 e. The highest BCUT2D eigenvalue weighted by Crippen LogP contribution is 2.41. The van der Waals surface area contributed by atoms with Crippen LogP contribution >= 0.6 is 0 Å². The highest BCUT2D eigenvalue weighted by molar-refractivity contribution is 6.18. The SMILES string of the molecule is CCC1=C(C)C2=CC3=NC(=C(C)C3=CO)C=C3NC(=C(C)C4=NC(=CC1=N2)C(C)=C4)[C@@H](CCC(=O)N(C)CCCOC(C)=O)[C@@H]3C. The number of hydrogen-bond donors (Lipinski definition) is 2. The lowest BCUT2D eigenvalue weighted by Gasteiger charge is -2.21. The molecule has 0 aromatic heterocycles. The first kappa shape index (κ1) is 32.9. The molecule has 0 radical (unpaired) electrons. The maximum absolute atomic E-state index is 13.2. The highest BCUT2D eigenvalue weighted by Gasteiger charge is 2.36. The van der Waals surface area contributed by atoms with E-state index in [1.807, 2.05) is 13.0 Å². The zero-order chi connectivity index (χ0) is 33.3. The molecular formula is C37H45N5O4. The van der Waals surface area contributed by atoms with Crippen molar-refractivity contribution in [1.82, 2.24) is 10.2 Å². The monoisotopic (exact) mass is 623 g/mol. The summed E-state index contributed by atoms with van der Waals surface area (Å²) in [4.78, 5) is 41.0. The molecule has 46 heavy (non-hydrogen) atoms. The van der Waals surface area contributed by atoms with Crippen LogP contribution in [0, 0.1) is 11.8 Å². The Morgan fingerprint density at radius 3 is 2.39 bits per heavy atom. The minimum atomic E-state index is -0.313. The van der Waals surface area contributed by atoms with Gasteiger partial charge in [0.25, 0.3) is 0 Å². The Bertz CT molecular complexity index is 1720. The second-order valence-electron chi connectivity index (χ2n) is 12.6. The van der Waals surface area contributed by atoms with Crippen LogP contribution in [0.3, 0.4) is 0 Å². The Hall–Kier alpha value is -4.53. The fourth-order valence-electron chi connectivity index (χ4n) is 6.64. The summed E-state index contributed by atoms with van der Waals surface area (Å²) < 4.78 is 5.02. The number of aliphatic imine (C=N–C) groups is 3. The molecule has 0 aromatic carbocycles. The van der Waals surface area contributed by atoms with Crippen molar-refractivity contribution in [2.75, 3.05) is 20.2 Å². The highest BCUT2D eigenvalue weighted by atomic mass is 16.5. The van der Waals surface area contributed by atoms with Crippen molar-refractivity contribution in [2.24, 2.45) is 26.8 Å². The first-order valence-corrected chi connectivity index (χ1v) is 16.1. The fourth-order valence-corrected chi connectivity index (χ4v) is 6.64. The van der Waals surface area contributed by atoms with Gasteiger partial charge in [-0.15, -0.1) is 0 Å². The summed E-state index contributed by atoms with van der Waals surface area (Å²) in [7, 11) is 1.80. The zero-order valence-corrected chi connectivity index (χ0v) is 28.2. The van der Waals surface area contributed by atoms with Gasteiger partial charge in [-0.3, -0.25) is 9.59 Å². The van der Waals surface area contributed by atoms with E-state index in [9.17, 15) is 14.7 Å². The van der Waals surface area contributed by atoms with E-state index in [4.69, 9.17) is 19.7 Å². The molecule has 0 saturated carbocycles. The topological polar surface area (TPSA) is 116 Å². The first-order valence-electron chi connectivity index (χ1n) is 16.1. The second-order valence-corrected chi connectivity index (χ2v) is 12.6. The molecule has 5 aliphatic heterocycles. The molecule has 0 spiro atoms. The molecular weight excluding hydrogens is 578 g/mol. The number of aliphatic hydroxyl groups is 1. The molecule has 0 aromatic rings. The van der Waals surface area contributed by atoms with Crippen LogP contribution in [0.1, 0.15) is 74.1 Å². The third-order valence-corrected chi connectivity index (χ3v) is 9.58.